The van der Waals surface area contributed by atoms with E-state index in [-0.39, 0.29) is 6.04 Å². The summed E-state index contributed by atoms with van der Waals surface area (Å²) in [6.07, 6.45) is 1.22. The van der Waals surface area contributed by atoms with E-state index in [0.717, 1.165) is 12.8 Å². The van der Waals surface area contributed by atoms with Crippen LogP contribution in [0.15, 0.2) is 0 Å². The Morgan fingerprint density at radius 1 is 1.14 bits per heavy atom. The van der Waals surface area contributed by atoms with E-state index in [0.29, 0.717) is 26.4 Å². The van der Waals surface area contributed by atoms with E-state index in [4.69, 9.17) is 19.0 Å². The van der Waals surface area contributed by atoms with Gasteiger partial charge in [0.15, 0.2) is 0 Å². The lowest BCUT2D eigenvalue weighted by Crippen LogP contribution is -2.36. The molecule has 0 fully saturated rings. The van der Waals surface area contributed by atoms with E-state index in [1.54, 1.807) is 14.2 Å². The van der Waals surface area contributed by atoms with Crippen LogP contribution < -0.4 is 10.8 Å². The topological polar surface area (TPSA) is 78.1 Å². The van der Waals surface area contributed by atoms with Crippen molar-refractivity contribution in [2.75, 3.05) is 40.6 Å². The van der Waals surface area contributed by atoms with Gasteiger partial charge in [0.1, 0.15) is 5.60 Å². The first-order chi connectivity index (χ1) is 9.89. The molecule has 1 atom stereocenters. The highest BCUT2D eigenvalue weighted by Gasteiger charge is 2.15. The minimum atomic E-state index is -0.473. The van der Waals surface area contributed by atoms with Crippen molar-refractivity contribution in [3.63, 3.8) is 0 Å². The summed E-state index contributed by atoms with van der Waals surface area (Å²) in [5.74, 6) is 0. The van der Waals surface area contributed by atoms with Crippen molar-refractivity contribution in [2.24, 2.45) is 0 Å². The van der Waals surface area contributed by atoms with Gasteiger partial charge in [0, 0.05) is 20.8 Å². The van der Waals surface area contributed by atoms with E-state index in [9.17, 15) is 4.79 Å². The summed E-state index contributed by atoms with van der Waals surface area (Å²) < 4.78 is 15.2. The number of hydrogen-bond donors (Lipinski definition) is 2. The first-order valence-electron chi connectivity index (χ1n) is 7.21. The minimum absolute atomic E-state index is 0.0762. The number of amides is 1. The molecule has 1 amide bonds. The fourth-order valence-electron chi connectivity index (χ4n) is 1.53. The summed E-state index contributed by atoms with van der Waals surface area (Å²) >= 11 is 0. The molecule has 0 rings (SSSR count). The third-order valence-corrected chi connectivity index (χ3v) is 2.40. The Kier molecular flexibility index (Phi) is 11.2. The number of rotatable bonds is 11. The molecule has 0 spiro atoms. The number of ether oxygens (including phenoxy) is 3. The number of carbonyl (C=O) groups is 1. The molecule has 0 aliphatic rings. The highest BCUT2D eigenvalue weighted by atomic mass is 16.7. The second-order valence-corrected chi connectivity index (χ2v) is 5.68. The average Bonchev–Trinajstić information content (AvgIpc) is 2.37. The Hall–Kier alpha value is -0.890. The number of hydroxylamine groups is 1. The van der Waals surface area contributed by atoms with Gasteiger partial charge in [-0.15, -0.1) is 0 Å². The summed E-state index contributed by atoms with van der Waals surface area (Å²) in [5.41, 5.74) is 2.46. The van der Waals surface area contributed by atoms with Gasteiger partial charge in [-0.3, -0.25) is 4.84 Å². The highest BCUT2D eigenvalue weighted by Crippen LogP contribution is 2.06. The number of alkyl carbamates (subject to hydrolysis) is 1. The highest BCUT2D eigenvalue weighted by molar-refractivity contribution is 5.67. The number of nitrogens with one attached hydrogen (secondary N) is 2. The van der Waals surface area contributed by atoms with Crippen LogP contribution in [-0.4, -0.2) is 58.3 Å². The standard InChI is InChI=1S/C14H30N2O5/c1-14(2,3)21-13(17)15-8-6-7-12(11-19-5)16-20-10-9-18-4/h12,16H,6-11H2,1-5H3,(H,15,17). The average molecular weight is 306 g/mol. The van der Waals surface area contributed by atoms with E-state index < -0.39 is 11.7 Å². The van der Waals surface area contributed by atoms with Crippen LogP contribution in [0.2, 0.25) is 0 Å². The van der Waals surface area contributed by atoms with Gasteiger partial charge in [0.05, 0.1) is 25.9 Å². The zero-order chi connectivity index (χ0) is 16.1. The van der Waals surface area contributed by atoms with Crippen LogP contribution in [0.25, 0.3) is 0 Å². The van der Waals surface area contributed by atoms with Crippen LogP contribution in [0, 0.1) is 0 Å². The Labute approximate surface area is 127 Å². The molecule has 0 heterocycles. The van der Waals surface area contributed by atoms with Crippen LogP contribution in [0.4, 0.5) is 4.79 Å². The van der Waals surface area contributed by atoms with Crippen molar-refractivity contribution in [1.82, 2.24) is 10.8 Å². The maximum atomic E-state index is 11.5. The van der Waals surface area contributed by atoms with Crippen molar-refractivity contribution >= 4 is 6.09 Å². The Morgan fingerprint density at radius 2 is 1.86 bits per heavy atom. The zero-order valence-electron chi connectivity index (χ0n) is 13.9. The Morgan fingerprint density at radius 3 is 2.43 bits per heavy atom. The van der Waals surface area contributed by atoms with Gasteiger partial charge in [-0.2, -0.15) is 5.48 Å². The molecule has 126 valence electrons. The van der Waals surface area contributed by atoms with Crippen LogP contribution in [0.5, 0.6) is 0 Å². The molecule has 0 bridgehead atoms. The van der Waals surface area contributed by atoms with Crippen LogP contribution in [0.1, 0.15) is 33.6 Å². The summed E-state index contributed by atoms with van der Waals surface area (Å²) in [6.45, 7) is 7.61. The number of carbonyl (C=O) groups excluding carboxylic acids is 1. The molecule has 2 N–H and O–H groups in total. The minimum Gasteiger partial charge on any atom is -0.444 e. The van der Waals surface area contributed by atoms with Crippen molar-refractivity contribution < 1.29 is 23.8 Å². The monoisotopic (exact) mass is 306 g/mol. The quantitative estimate of drug-likeness (QED) is 0.445. The van der Waals surface area contributed by atoms with Gasteiger partial charge >= 0.3 is 6.09 Å². The molecule has 1 unspecified atom stereocenters. The smallest absolute Gasteiger partial charge is 0.407 e. The van der Waals surface area contributed by atoms with Crippen LogP contribution >= 0.6 is 0 Å². The van der Waals surface area contributed by atoms with Gasteiger partial charge in [0.2, 0.25) is 0 Å². The van der Waals surface area contributed by atoms with Gasteiger partial charge < -0.3 is 19.5 Å². The predicted octanol–water partition coefficient (Wildman–Crippen LogP) is 1.47. The summed E-state index contributed by atoms with van der Waals surface area (Å²) in [6, 6.07) is 0.0762. The fourth-order valence-corrected chi connectivity index (χ4v) is 1.53. The lowest BCUT2D eigenvalue weighted by Gasteiger charge is -2.20. The zero-order valence-corrected chi connectivity index (χ0v) is 13.9. The molecule has 0 aromatic carbocycles. The largest absolute Gasteiger partial charge is 0.444 e. The predicted molar refractivity (Wildman–Crippen MR) is 80.1 cm³/mol. The molecule has 21 heavy (non-hydrogen) atoms. The molecule has 0 aliphatic carbocycles. The Balaban J connectivity index is 3.75. The molecule has 0 radical (unpaired) electrons. The van der Waals surface area contributed by atoms with Gasteiger partial charge in [-0.1, -0.05) is 0 Å². The van der Waals surface area contributed by atoms with Crippen molar-refractivity contribution in [3.8, 4) is 0 Å². The molecule has 0 saturated heterocycles. The second-order valence-electron chi connectivity index (χ2n) is 5.68. The van der Waals surface area contributed by atoms with Crippen molar-refractivity contribution in [3.05, 3.63) is 0 Å². The summed E-state index contributed by atoms with van der Waals surface area (Å²) in [5, 5.41) is 2.72. The van der Waals surface area contributed by atoms with E-state index in [1.807, 2.05) is 20.8 Å². The van der Waals surface area contributed by atoms with Crippen LogP contribution in [0.3, 0.4) is 0 Å². The molecule has 0 saturated carbocycles. The van der Waals surface area contributed by atoms with E-state index >= 15 is 0 Å². The lowest BCUT2D eigenvalue weighted by atomic mass is 10.2. The third-order valence-electron chi connectivity index (χ3n) is 2.40. The number of methoxy groups -OCH3 is 2. The Bertz CT molecular complexity index is 269. The summed E-state index contributed by atoms with van der Waals surface area (Å²) in [4.78, 5) is 16.7. The van der Waals surface area contributed by atoms with Crippen molar-refractivity contribution in [1.29, 1.82) is 0 Å². The normalized spacial score (nSPS) is 13.0. The summed E-state index contributed by atoms with van der Waals surface area (Å²) in [7, 11) is 3.26. The molecule has 0 aromatic heterocycles. The first-order valence-corrected chi connectivity index (χ1v) is 7.21. The fraction of sp³-hybridized carbons (Fsp3) is 0.929. The maximum Gasteiger partial charge on any atom is 0.407 e. The van der Waals surface area contributed by atoms with E-state index in [2.05, 4.69) is 10.8 Å². The number of hydrogen-bond acceptors (Lipinski definition) is 6. The molecule has 7 heteroatoms. The second kappa shape index (κ2) is 11.7. The lowest BCUT2D eigenvalue weighted by molar-refractivity contribution is -0.0281. The molecule has 0 aliphatic heterocycles. The third kappa shape index (κ3) is 13.8. The molecule has 0 aromatic rings. The SMILES string of the molecule is COCCONC(CCCNC(=O)OC(C)(C)C)COC. The first kappa shape index (κ1) is 20.1. The van der Waals surface area contributed by atoms with Crippen LogP contribution in [-0.2, 0) is 19.0 Å². The van der Waals surface area contributed by atoms with Gasteiger partial charge in [0.25, 0.3) is 0 Å². The maximum absolute atomic E-state index is 11.5. The van der Waals surface area contributed by atoms with Gasteiger partial charge in [-0.05, 0) is 33.6 Å². The van der Waals surface area contributed by atoms with Crippen molar-refractivity contribution in [2.45, 2.75) is 45.3 Å². The van der Waals surface area contributed by atoms with E-state index in [1.165, 1.54) is 0 Å². The molecule has 7 nitrogen and oxygen atoms in total. The molecular weight excluding hydrogens is 276 g/mol. The van der Waals surface area contributed by atoms with Gasteiger partial charge in [-0.25, -0.2) is 4.79 Å². The molecular formula is C14H30N2O5.